The zero-order valence-electron chi connectivity index (χ0n) is 10.2. The van der Waals surface area contributed by atoms with E-state index in [1.807, 2.05) is 0 Å². The summed E-state index contributed by atoms with van der Waals surface area (Å²) < 4.78 is 36.9. The molecule has 20 heavy (non-hydrogen) atoms. The molecular formula is C13H11F3O4. The van der Waals surface area contributed by atoms with Crippen molar-refractivity contribution in [3.8, 4) is 0 Å². The fourth-order valence-corrected chi connectivity index (χ4v) is 1.46. The number of carboxylic acids is 1. The normalized spacial score (nSPS) is 11.2. The van der Waals surface area contributed by atoms with Crippen LogP contribution < -0.4 is 0 Å². The molecule has 7 heteroatoms. The van der Waals surface area contributed by atoms with Crippen LogP contribution in [-0.4, -0.2) is 22.6 Å². The van der Waals surface area contributed by atoms with Gasteiger partial charge >= 0.3 is 12.1 Å². The Labute approximate surface area is 112 Å². The Morgan fingerprint density at radius 3 is 2.00 bits per heavy atom. The maximum absolute atomic E-state index is 12.3. The van der Waals surface area contributed by atoms with E-state index in [4.69, 9.17) is 5.11 Å². The van der Waals surface area contributed by atoms with Gasteiger partial charge in [0.2, 0.25) is 0 Å². The molecule has 0 bridgehead atoms. The second-order valence-corrected chi connectivity index (χ2v) is 4.11. The van der Waals surface area contributed by atoms with Crippen LogP contribution in [-0.2, 0) is 15.8 Å². The Balaban J connectivity index is 2.64. The van der Waals surface area contributed by atoms with Gasteiger partial charge in [-0.25, -0.2) is 0 Å². The van der Waals surface area contributed by atoms with Crippen LogP contribution in [0, 0.1) is 0 Å². The van der Waals surface area contributed by atoms with E-state index in [0.29, 0.717) is 0 Å². The minimum Gasteiger partial charge on any atom is -0.481 e. The molecule has 108 valence electrons. The van der Waals surface area contributed by atoms with E-state index in [1.54, 1.807) is 0 Å². The summed E-state index contributed by atoms with van der Waals surface area (Å²) in [7, 11) is 0. The van der Waals surface area contributed by atoms with E-state index < -0.39 is 35.7 Å². The van der Waals surface area contributed by atoms with Gasteiger partial charge in [0.1, 0.15) is 5.78 Å². The van der Waals surface area contributed by atoms with Gasteiger partial charge in [0.05, 0.1) is 18.4 Å². The lowest BCUT2D eigenvalue weighted by Gasteiger charge is -2.07. The quantitative estimate of drug-likeness (QED) is 0.645. The molecule has 0 aliphatic carbocycles. The monoisotopic (exact) mass is 288 g/mol. The number of aliphatic carboxylic acids is 1. The first-order chi connectivity index (χ1) is 9.20. The molecule has 0 aliphatic rings. The molecule has 0 amide bonds. The molecule has 0 unspecified atom stereocenters. The minimum atomic E-state index is -4.49. The van der Waals surface area contributed by atoms with Crippen LogP contribution in [0.4, 0.5) is 13.2 Å². The van der Waals surface area contributed by atoms with Crippen LogP contribution in [0.15, 0.2) is 24.3 Å². The van der Waals surface area contributed by atoms with E-state index in [0.717, 1.165) is 24.3 Å². The third-order valence-electron chi connectivity index (χ3n) is 2.51. The Morgan fingerprint density at radius 2 is 1.55 bits per heavy atom. The van der Waals surface area contributed by atoms with Gasteiger partial charge in [0, 0.05) is 12.0 Å². The summed E-state index contributed by atoms with van der Waals surface area (Å²) in [5.41, 5.74) is -0.895. The van der Waals surface area contributed by atoms with Gasteiger partial charge in [-0.2, -0.15) is 13.2 Å². The van der Waals surface area contributed by atoms with Crippen molar-refractivity contribution in [2.75, 3.05) is 0 Å². The van der Waals surface area contributed by atoms with Crippen molar-refractivity contribution in [2.45, 2.75) is 25.4 Å². The molecule has 1 rings (SSSR count). The topological polar surface area (TPSA) is 71.4 Å². The Bertz CT molecular complexity index is 517. The van der Waals surface area contributed by atoms with Crippen LogP contribution >= 0.6 is 0 Å². The summed E-state index contributed by atoms with van der Waals surface area (Å²) >= 11 is 0. The van der Waals surface area contributed by atoms with Crippen molar-refractivity contribution in [1.29, 1.82) is 0 Å². The lowest BCUT2D eigenvalue weighted by Crippen LogP contribution is -2.11. The van der Waals surface area contributed by atoms with Crippen LogP contribution in [0.5, 0.6) is 0 Å². The summed E-state index contributed by atoms with van der Waals surface area (Å²) in [6.07, 6.45) is -5.65. The molecule has 0 atom stereocenters. The number of ketones is 2. The van der Waals surface area contributed by atoms with Crippen molar-refractivity contribution < 1.29 is 32.7 Å². The summed E-state index contributed by atoms with van der Waals surface area (Å²) in [6.45, 7) is 0. The average Bonchev–Trinajstić information content (AvgIpc) is 2.35. The molecule has 4 nitrogen and oxygen atoms in total. The van der Waals surface area contributed by atoms with Crippen molar-refractivity contribution in [3.63, 3.8) is 0 Å². The van der Waals surface area contributed by atoms with E-state index in [9.17, 15) is 27.6 Å². The summed E-state index contributed by atoms with van der Waals surface area (Å²) in [4.78, 5) is 33.2. The number of rotatable bonds is 6. The largest absolute Gasteiger partial charge is 0.481 e. The summed E-state index contributed by atoms with van der Waals surface area (Å²) in [5.74, 6) is -2.34. The van der Waals surface area contributed by atoms with Crippen molar-refractivity contribution in [3.05, 3.63) is 35.4 Å². The molecule has 0 aliphatic heterocycles. The van der Waals surface area contributed by atoms with Crippen molar-refractivity contribution in [2.24, 2.45) is 0 Å². The third-order valence-corrected chi connectivity index (χ3v) is 2.51. The predicted octanol–water partition coefficient (Wildman–Crippen LogP) is 2.71. The van der Waals surface area contributed by atoms with Gasteiger partial charge in [-0.05, 0) is 12.1 Å². The lowest BCUT2D eigenvalue weighted by atomic mass is 10.0. The highest BCUT2D eigenvalue weighted by atomic mass is 19.4. The number of carbonyl (C=O) groups excluding carboxylic acids is 2. The van der Waals surface area contributed by atoms with Crippen LogP contribution in [0.25, 0.3) is 0 Å². The maximum atomic E-state index is 12.3. The predicted molar refractivity (Wildman–Crippen MR) is 62.3 cm³/mol. The van der Waals surface area contributed by atoms with Gasteiger partial charge in [-0.1, -0.05) is 12.1 Å². The number of hydrogen-bond acceptors (Lipinski definition) is 3. The third kappa shape index (κ3) is 4.83. The summed E-state index contributed by atoms with van der Waals surface area (Å²) in [6, 6.07) is 3.51. The number of hydrogen-bond donors (Lipinski definition) is 1. The molecule has 1 aromatic rings. The fraction of sp³-hybridized carbons (Fsp3) is 0.308. The lowest BCUT2D eigenvalue weighted by molar-refractivity contribution is -0.138. The van der Waals surface area contributed by atoms with Gasteiger partial charge in [0.15, 0.2) is 5.78 Å². The highest BCUT2D eigenvalue weighted by Gasteiger charge is 2.30. The first-order valence-electron chi connectivity index (χ1n) is 5.64. The Hall–Kier alpha value is -2.18. The molecule has 0 spiro atoms. The second kappa shape index (κ2) is 6.31. The molecular weight excluding hydrogens is 277 g/mol. The molecule has 1 aromatic carbocycles. The highest BCUT2D eigenvalue weighted by Crippen LogP contribution is 2.29. The fourth-order valence-electron chi connectivity index (χ4n) is 1.46. The van der Waals surface area contributed by atoms with Gasteiger partial charge in [-0.3, -0.25) is 14.4 Å². The molecule has 1 N–H and O–H groups in total. The zero-order chi connectivity index (χ0) is 15.3. The maximum Gasteiger partial charge on any atom is 0.416 e. The van der Waals surface area contributed by atoms with Crippen molar-refractivity contribution >= 4 is 17.5 Å². The number of carbonyl (C=O) groups is 3. The number of halogens is 3. The SMILES string of the molecule is O=C(O)CCC(=O)CC(=O)c1ccc(C(F)(F)F)cc1. The summed E-state index contributed by atoms with van der Waals surface area (Å²) in [5, 5.41) is 8.38. The van der Waals surface area contributed by atoms with Crippen molar-refractivity contribution in [1.82, 2.24) is 0 Å². The number of carboxylic acid groups (broad SMARTS) is 1. The second-order valence-electron chi connectivity index (χ2n) is 4.11. The highest BCUT2D eigenvalue weighted by molar-refractivity contribution is 6.08. The number of Topliss-reactive ketones (excluding diaryl/α,β-unsaturated/α-hetero) is 2. The average molecular weight is 288 g/mol. The van der Waals surface area contributed by atoms with Crippen LogP contribution in [0.2, 0.25) is 0 Å². The molecule has 0 saturated carbocycles. The molecule has 0 saturated heterocycles. The van der Waals surface area contributed by atoms with E-state index in [1.165, 1.54) is 0 Å². The molecule has 0 radical (unpaired) electrons. The van der Waals surface area contributed by atoms with Gasteiger partial charge in [-0.15, -0.1) is 0 Å². The standard InChI is InChI=1S/C13H11F3O4/c14-13(15,16)9-3-1-8(2-4-9)11(18)7-10(17)5-6-12(19)20/h1-4H,5-7H2,(H,19,20). The zero-order valence-corrected chi connectivity index (χ0v) is 10.2. The van der Waals surface area contributed by atoms with E-state index in [-0.39, 0.29) is 18.4 Å². The first-order valence-corrected chi connectivity index (χ1v) is 5.64. The Kier molecular flexibility index (Phi) is 5.01. The number of alkyl halides is 3. The molecule has 0 fully saturated rings. The van der Waals surface area contributed by atoms with Gasteiger partial charge < -0.3 is 5.11 Å². The minimum absolute atomic E-state index is 0.0123. The first kappa shape index (κ1) is 15.9. The van der Waals surface area contributed by atoms with E-state index in [2.05, 4.69) is 0 Å². The smallest absolute Gasteiger partial charge is 0.416 e. The number of benzene rings is 1. The molecule has 0 aromatic heterocycles. The Morgan fingerprint density at radius 1 is 1.00 bits per heavy atom. The van der Waals surface area contributed by atoms with Crippen LogP contribution in [0.1, 0.15) is 35.2 Å². The molecule has 0 heterocycles. The van der Waals surface area contributed by atoms with Crippen LogP contribution in [0.3, 0.4) is 0 Å². The van der Waals surface area contributed by atoms with Gasteiger partial charge in [0.25, 0.3) is 0 Å². The van der Waals surface area contributed by atoms with E-state index >= 15 is 0 Å².